The molecule has 0 bridgehead atoms. The predicted octanol–water partition coefficient (Wildman–Crippen LogP) is 2.94. The van der Waals surface area contributed by atoms with Crippen molar-refractivity contribution < 1.29 is 22.7 Å². The Morgan fingerprint density at radius 1 is 1.13 bits per heavy atom. The molecule has 9 heteroatoms. The molecule has 0 aliphatic carbocycles. The van der Waals surface area contributed by atoms with E-state index >= 15 is 0 Å². The third-order valence-electron chi connectivity index (χ3n) is 5.40. The van der Waals surface area contributed by atoms with Crippen molar-refractivity contribution in [3.05, 3.63) is 54.1 Å². The zero-order chi connectivity index (χ0) is 22.0. The number of carbonyl (C=O) groups is 1. The van der Waals surface area contributed by atoms with Gasteiger partial charge in [-0.3, -0.25) is 4.79 Å². The van der Waals surface area contributed by atoms with Crippen LogP contribution in [0.4, 0.5) is 5.69 Å². The molecular weight excluding hydrogens is 436 g/mol. The van der Waals surface area contributed by atoms with Crippen LogP contribution in [0.15, 0.2) is 53.5 Å². The summed E-state index contributed by atoms with van der Waals surface area (Å²) in [4.78, 5) is 18.9. The molecule has 0 spiro atoms. The largest absolute Gasteiger partial charge is 0.497 e. The standard InChI is InChI=1S/C22H24N2O5S2/c1-28-16-9-10-19(29-2)17(12-16)24-18-13-31(26,27)14-20(18)30-22(24)23-21(25)11-8-15-6-4-3-5-7-15/h3-7,9-10,12,18,20H,8,11,13-14H2,1-2H3/t18-,20-/m1/s1. The summed E-state index contributed by atoms with van der Waals surface area (Å²) in [7, 11) is -0.0348. The molecule has 2 aliphatic heterocycles. The highest BCUT2D eigenvalue weighted by Gasteiger charge is 2.50. The fourth-order valence-electron chi connectivity index (χ4n) is 3.89. The van der Waals surface area contributed by atoms with E-state index in [0.717, 1.165) is 5.56 Å². The second-order valence-corrected chi connectivity index (χ2v) is 10.8. The van der Waals surface area contributed by atoms with Gasteiger partial charge in [-0.2, -0.15) is 4.99 Å². The molecule has 2 fully saturated rings. The molecule has 164 valence electrons. The Labute approximate surface area is 186 Å². The molecule has 0 saturated carbocycles. The zero-order valence-corrected chi connectivity index (χ0v) is 19.0. The summed E-state index contributed by atoms with van der Waals surface area (Å²) < 4.78 is 35.4. The van der Waals surface area contributed by atoms with E-state index in [1.807, 2.05) is 35.2 Å². The number of fused-ring (bicyclic) bond motifs is 1. The first-order chi connectivity index (χ1) is 14.9. The summed E-state index contributed by atoms with van der Waals surface area (Å²) in [6.07, 6.45) is 0.885. The van der Waals surface area contributed by atoms with Crippen molar-refractivity contribution in [1.29, 1.82) is 0 Å². The minimum atomic E-state index is -3.15. The normalized spacial score (nSPS) is 23.0. The number of aliphatic imine (C=N–C) groups is 1. The van der Waals surface area contributed by atoms with Crippen LogP contribution >= 0.6 is 11.8 Å². The van der Waals surface area contributed by atoms with Gasteiger partial charge in [0.1, 0.15) is 11.5 Å². The average Bonchev–Trinajstić information content (AvgIpc) is 3.23. The number of thioether (sulfide) groups is 1. The molecule has 31 heavy (non-hydrogen) atoms. The van der Waals surface area contributed by atoms with Crippen molar-refractivity contribution in [2.75, 3.05) is 30.6 Å². The number of benzene rings is 2. The van der Waals surface area contributed by atoms with Gasteiger partial charge in [-0.15, -0.1) is 0 Å². The van der Waals surface area contributed by atoms with Gasteiger partial charge in [0.2, 0.25) is 5.91 Å². The van der Waals surface area contributed by atoms with Crippen LogP contribution in [0.2, 0.25) is 0 Å². The lowest BCUT2D eigenvalue weighted by Gasteiger charge is -2.26. The van der Waals surface area contributed by atoms with Crippen LogP contribution in [0, 0.1) is 0 Å². The first-order valence-electron chi connectivity index (χ1n) is 9.94. The van der Waals surface area contributed by atoms with E-state index in [4.69, 9.17) is 9.47 Å². The lowest BCUT2D eigenvalue weighted by atomic mass is 10.1. The highest BCUT2D eigenvalue weighted by Crippen LogP contribution is 2.45. The summed E-state index contributed by atoms with van der Waals surface area (Å²) in [6.45, 7) is 0. The molecule has 2 heterocycles. The number of sulfone groups is 1. The minimum Gasteiger partial charge on any atom is -0.497 e. The summed E-state index contributed by atoms with van der Waals surface area (Å²) in [5, 5.41) is 0.330. The van der Waals surface area contributed by atoms with Gasteiger partial charge in [-0.25, -0.2) is 8.42 Å². The number of hydrogen-bond donors (Lipinski definition) is 0. The minimum absolute atomic E-state index is 0.0161. The number of methoxy groups -OCH3 is 2. The monoisotopic (exact) mass is 460 g/mol. The Balaban J connectivity index is 1.65. The molecule has 0 unspecified atom stereocenters. The molecule has 4 rings (SSSR count). The van der Waals surface area contributed by atoms with Crippen LogP contribution < -0.4 is 14.4 Å². The maximum absolute atomic E-state index is 12.7. The molecular formula is C22H24N2O5S2. The van der Waals surface area contributed by atoms with Crippen LogP contribution in [0.25, 0.3) is 0 Å². The molecule has 2 aliphatic rings. The maximum atomic E-state index is 12.7. The topological polar surface area (TPSA) is 85.3 Å². The van der Waals surface area contributed by atoms with Crippen LogP contribution in [0.5, 0.6) is 11.5 Å². The van der Waals surface area contributed by atoms with Crippen molar-refractivity contribution >= 4 is 38.4 Å². The van der Waals surface area contributed by atoms with Gasteiger partial charge in [0.05, 0.1) is 37.5 Å². The smallest absolute Gasteiger partial charge is 0.248 e. The lowest BCUT2D eigenvalue weighted by Crippen LogP contribution is -2.38. The summed E-state index contributed by atoms with van der Waals surface area (Å²) in [5.41, 5.74) is 1.72. The van der Waals surface area contributed by atoms with E-state index in [1.54, 1.807) is 32.4 Å². The Morgan fingerprint density at radius 3 is 2.61 bits per heavy atom. The number of carbonyl (C=O) groups excluding carboxylic acids is 1. The molecule has 1 amide bonds. The Hall–Kier alpha value is -2.52. The third kappa shape index (κ3) is 4.72. The number of rotatable bonds is 6. The van der Waals surface area contributed by atoms with Gasteiger partial charge in [-0.1, -0.05) is 42.1 Å². The van der Waals surface area contributed by atoms with Crippen molar-refractivity contribution in [3.8, 4) is 11.5 Å². The zero-order valence-electron chi connectivity index (χ0n) is 17.4. The molecule has 2 aromatic carbocycles. The maximum Gasteiger partial charge on any atom is 0.248 e. The molecule has 2 atom stereocenters. The number of hydrogen-bond acceptors (Lipinski definition) is 6. The van der Waals surface area contributed by atoms with Gasteiger partial charge in [0.15, 0.2) is 15.0 Å². The van der Waals surface area contributed by atoms with Crippen molar-refractivity contribution in [3.63, 3.8) is 0 Å². The van der Waals surface area contributed by atoms with Gasteiger partial charge < -0.3 is 14.4 Å². The van der Waals surface area contributed by atoms with Gasteiger partial charge in [0, 0.05) is 17.7 Å². The molecule has 7 nitrogen and oxygen atoms in total. The van der Waals surface area contributed by atoms with Gasteiger partial charge in [-0.05, 0) is 24.1 Å². The summed E-state index contributed by atoms with van der Waals surface area (Å²) in [5.74, 6) is 1.03. The predicted molar refractivity (Wildman–Crippen MR) is 123 cm³/mol. The van der Waals surface area contributed by atoms with Gasteiger partial charge in [0.25, 0.3) is 0 Å². The third-order valence-corrected chi connectivity index (χ3v) is 8.61. The Morgan fingerprint density at radius 2 is 1.90 bits per heavy atom. The van der Waals surface area contributed by atoms with E-state index in [9.17, 15) is 13.2 Å². The summed E-state index contributed by atoms with van der Waals surface area (Å²) >= 11 is 1.35. The number of amides is 1. The van der Waals surface area contributed by atoms with E-state index in [1.165, 1.54) is 11.8 Å². The second kappa shape index (κ2) is 8.92. The SMILES string of the molecule is COc1ccc(OC)c(N2C(=NC(=O)CCc3ccccc3)S[C@@H]3CS(=O)(=O)C[C@H]32)c1. The van der Waals surface area contributed by atoms with Crippen LogP contribution in [-0.2, 0) is 21.1 Å². The first kappa shape index (κ1) is 21.7. The lowest BCUT2D eigenvalue weighted by molar-refractivity contribution is -0.117. The number of nitrogens with zero attached hydrogens (tertiary/aromatic N) is 2. The molecule has 0 aromatic heterocycles. The van der Waals surface area contributed by atoms with Crippen molar-refractivity contribution in [2.45, 2.75) is 24.1 Å². The van der Waals surface area contributed by atoms with Crippen LogP contribution in [0.1, 0.15) is 12.0 Å². The Kier molecular flexibility index (Phi) is 6.24. The fourth-order valence-corrected chi connectivity index (χ4v) is 7.81. The summed E-state index contributed by atoms with van der Waals surface area (Å²) in [6, 6.07) is 14.8. The number of amidine groups is 1. The Bertz CT molecular complexity index is 1100. The van der Waals surface area contributed by atoms with Crippen LogP contribution in [-0.4, -0.2) is 56.5 Å². The molecule has 0 N–H and O–H groups in total. The molecule has 2 saturated heterocycles. The quantitative estimate of drug-likeness (QED) is 0.655. The molecule has 2 aromatic rings. The number of aryl methyl sites for hydroxylation is 1. The highest BCUT2D eigenvalue weighted by atomic mass is 32.2. The first-order valence-corrected chi connectivity index (χ1v) is 12.6. The number of ether oxygens (including phenoxy) is 2. The van der Waals surface area contributed by atoms with E-state index < -0.39 is 9.84 Å². The average molecular weight is 461 g/mol. The van der Waals surface area contributed by atoms with Crippen molar-refractivity contribution in [2.24, 2.45) is 4.99 Å². The second-order valence-electron chi connectivity index (χ2n) is 7.48. The van der Waals surface area contributed by atoms with E-state index in [0.29, 0.717) is 28.8 Å². The highest BCUT2D eigenvalue weighted by molar-refractivity contribution is 8.16. The van der Waals surface area contributed by atoms with Crippen molar-refractivity contribution in [1.82, 2.24) is 0 Å². The van der Waals surface area contributed by atoms with Gasteiger partial charge >= 0.3 is 0 Å². The van der Waals surface area contributed by atoms with E-state index in [2.05, 4.69) is 4.99 Å². The number of anilines is 1. The van der Waals surface area contributed by atoms with Crippen LogP contribution in [0.3, 0.4) is 0 Å². The fraction of sp³-hybridized carbons (Fsp3) is 0.364. The molecule has 0 radical (unpaired) electrons. The van der Waals surface area contributed by atoms with E-state index in [-0.39, 0.29) is 35.1 Å².